The number of benzene rings is 2. The average molecular weight is 378 g/mol. The number of aryl methyl sites for hydroxylation is 2. The molecule has 25 heavy (non-hydrogen) atoms. The van der Waals surface area contributed by atoms with Crippen molar-refractivity contribution in [1.29, 1.82) is 0 Å². The van der Waals surface area contributed by atoms with Gasteiger partial charge >= 0.3 is 0 Å². The maximum absolute atomic E-state index is 12.6. The van der Waals surface area contributed by atoms with Crippen LogP contribution in [0.1, 0.15) is 54.5 Å². The van der Waals surface area contributed by atoms with Crippen molar-refractivity contribution in [3.63, 3.8) is 0 Å². The molecule has 0 heterocycles. The van der Waals surface area contributed by atoms with Crippen LogP contribution in [0.2, 0.25) is 5.02 Å². The molecule has 1 aliphatic rings. The standard InChI is InChI=1S/C20H24ClNO2S/c1-2-20(18-11-10-16-7-3-4-8-17(16)13-18)22-25(23,24)14-15-6-5-9-19(21)12-15/h5-6,9-13,20,22H,2-4,7-8,14H2,1H3/t20-/m1/s1. The molecule has 1 N–H and O–H groups in total. The van der Waals surface area contributed by atoms with Crippen LogP contribution in [0.25, 0.3) is 0 Å². The van der Waals surface area contributed by atoms with E-state index in [9.17, 15) is 8.42 Å². The van der Waals surface area contributed by atoms with E-state index in [4.69, 9.17) is 11.6 Å². The Morgan fingerprint density at radius 1 is 1.08 bits per heavy atom. The van der Waals surface area contributed by atoms with Gasteiger partial charge in [-0.15, -0.1) is 0 Å². The Bertz CT molecular complexity index is 849. The summed E-state index contributed by atoms with van der Waals surface area (Å²) in [5.74, 6) is -0.0605. The molecule has 1 atom stereocenters. The molecular weight excluding hydrogens is 354 g/mol. The number of sulfonamides is 1. The van der Waals surface area contributed by atoms with Crippen molar-refractivity contribution in [3.05, 3.63) is 69.7 Å². The molecule has 5 heteroatoms. The van der Waals surface area contributed by atoms with Gasteiger partial charge in [0.1, 0.15) is 0 Å². The van der Waals surface area contributed by atoms with E-state index in [0.717, 1.165) is 18.4 Å². The van der Waals surface area contributed by atoms with Crippen molar-refractivity contribution in [2.75, 3.05) is 0 Å². The normalized spacial score (nSPS) is 15.6. The third-order valence-electron chi connectivity index (χ3n) is 4.75. The van der Waals surface area contributed by atoms with Crippen LogP contribution in [-0.2, 0) is 28.6 Å². The maximum atomic E-state index is 12.6. The van der Waals surface area contributed by atoms with Gasteiger partial charge in [0.25, 0.3) is 0 Å². The van der Waals surface area contributed by atoms with Crippen molar-refractivity contribution in [2.45, 2.75) is 50.8 Å². The molecule has 1 aliphatic carbocycles. The molecule has 0 saturated heterocycles. The molecular formula is C20H24ClNO2S. The van der Waals surface area contributed by atoms with Crippen LogP contribution < -0.4 is 4.72 Å². The predicted molar refractivity (Wildman–Crippen MR) is 103 cm³/mol. The molecule has 134 valence electrons. The zero-order chi connectivity index (χ0) is 17.9. The molecule has 0 aliphatic heterocycles. The van der Waals surface area contributed by atoms with Crippen LogP contribution in [0.4, 0.5) is 0 Å². The molecule has 3 rings (SSSR count). The first-order chi connectivity index (χ1) is 12.0. The van der Waals surface area contributed by atoms with Crippen molar-refractivity contribution < 1.29 is 8.42 Å². The van der Waals surface area contributed by atoms with Gasteiger partial charge in [-0.3, -0.25) is 0 Å². The van der Waals surface area contributed by atoms with Crippen LogP contribution in [0, 0.1) is 0 Å². The second-order valence-electron chi connectivity index (χ2n) is 6.70. The lowest BCUT2D eigenvalue weighted by Gasteiger charge is -2.21. The smallest absolute Gasteiger partial charge is 0.212 e. The molecule has 0 bridgehead atoms. The first-order valence-corrected chi connectivity index (χ1v) is 10.9. The summed E-state index contributed by atoms with van der Waals surface area (Å²) in [5.41, 5.74) is 4.53. The fourth-order valence-electron chi connectivity index (χ4n) is 3.46. The molecule has 0 fully saturated rings. The van der Waals surface area contributed by atoms with E-state index in [-0.39, 0.29) is 11.8 Å². The number of fused-ring (bicyclic) bond motifs is 1. The second kappa shape index (κ2) is 7.90. The van der Waals surface area contributed by atoms with Gasteiger partial charge in [0.2, 0.25) is 10.0 Å². The Hall–Kier alpha value is -1.36. The number of nitrogens with one attached hydrogen (secondary N) is 1. The molecule has 0 amide bonds. The maximum Gasteiger partial charge on any atom is 0.216 e. The lowest BCUT2D eigenvalue weighted by molar-refractivity contribution is 0.548. The summed E-state index contributed by atoms with van der Waals surface area (Å²) in [7, 11) is -3.44. The molecule has 3 nitrogen and oxygen atoms in total. The van der Waals surface area contributed by atoms with Gasteiger partial charge in [-0.05, 0) is 66.5 Å². The van der Waals surface area contributed by atoms with Gasteiger partial charge in [-0.2, -0.15) is 0 Å². The number of rotatable bonds is 6. The number of halogens is 1. The van der Waals surface area contributed by atoms with E-state index in [1.807, 2.05) is 6.92 Å². The summed E-state index contributed by atoms with van der Waals surface area (Å²) in [5, 5.41) is 0.550. The van der Waals surface area contributed by atoms with Gasteiger partial charge in [0.15, 0.2) is 0 Å². The molecule has 0 radical (unpaired) electrons. The van der Waals surface area contributed by atoms with Crippen LogP contribution in [-0.4, -0.2) is 8.42 Å². The van der Waals surface area contributed by atoms with Crippen molar-refractivity contribution in [2.24, 2.45) is 0 Å². The van der Waals surface area contributed by atoms with Crippen LogP contribution in [0.3, 0.4) is 0 Å². The SMILES string of the molecule is CC[C@@H](NS(=O)(=O)Cc1cccc(Cl)c1)c1ccc2c(c1)CCCC2. The predicted octanol–water partition coefficient (Wildman–Crippen LogP) is 4.79. The summed E-state index contributed by atoms with van der Waals surface area (Å²) >= 11 is 5.95. The minimum absolute atomic E-state index is 0.0605. The number of hydrogen-bond acceptors (Lipinski definition) is 2. The van der Waals surface area contributed by atoms with E-state index in [0.29, 0.717) is 17.0 Å². The van der Waals surface area contributed by atoms with Crippen LogP contribution in [0.5, 0.6) is 0 Å². The van der Waals surface area contributed by atoms with Gasteiger partial charge in [0.05, 0.1) is 5.75 Å². The van der Waals surface area contributed by atoms with Gasteiger partial charge < -0.3 is 0 Å². The minimum Gasteiger partial charge on any atom is -0.212 e. The monoisotopic (exact) mass is 377 g/mol. The fraction of sp³-hybridized carbons (Fsp3) is 0.400. The average Bonchev–Trinajstić information content (AvgIpc) is 2.59. The summed E-state index contributed by atoms with van der Waals surface area (Å²) < 4.78 is 28.0. The zero-order valence-electron chi connectivity index (χ0n) is 14.5. The highest BCUT2D eigenvalue weighted by Gasteiger charge is 2.20. The lowest BCUT2D eigenvalue weighted by atomic mass is 9.89. The Balaban J connectivity index is 1.77. The quantitative estimate of drug-likeness (QED) is 0.786. The van der Waals surface area contributed by atoms with Gasteiger partial charge in [0, 0.05) is 11.1 Å². The van der Waals surface area contributed by atoms with E-state index >= 15 is 0 Å². The minimum atomic E-state index is -3.44. The second-order valence-corrected chi connectivity index (χ2v) is 8.89. The molecule has 0 spiro atoms. The summed E-state index contributed by atoms with van der Waals surface area (Å²) in [6.07, 6.45) is 5.40. The highest BCUT2D eigenvalue weighted by Crippen LogP contribution is 2.26. The Morgan fingerprint density at radius 3 is 2.56 bits per heavy atom. The van der Waals surface area contributed by atoms with Crippen molar-refractivity contribution in [3.8, 4) is 0 Å². The highest BCUT2D eigenvalue weighted by atomic mass is 35.5. The topological polar surface area (TPSA) is 46.2 Å². The van der Waals surface area contributed by atoms with Gasteiger partial charge in [-0.25, -0.2) is 13.1 Å². The summed E-state index contributed by atoms with van der Waals surface area (Å²) in [6.45, 7) is 2.01. The van der Waals surface area contributed by atoms with E-state index in [1.165, 1.54) is 24.0 Å². The molecule has 0 saturated carbocycles. The number of hydrogen-bond donors (Lipinski definition) is 1. The first kappa shape index (κ1) is 18.4. The molecule has 0 unspecified atom stereocenters. The third kappa shape index (κ3) is 4.84. The van der Waals surface area contributed by atoms with E-state index in [2.05, 4.69) is 22.9 Å². The Kier molecular flexibility index (Phi) is 5.82. The summed E-state index contributed by atoms with van der Waals surface area (Å²) in [6, 6.07) is 13.2. The van der Waals surface area contributed by atoms with Crippen molar-refractivity contribution >= 4 is 21.6 Å². The first-order valence-electron chi connectivity index (χ1n) is 8.83. The Morgan fingerprint density at radius 2 is 1.84 bits per heavy atom. The van der Waals surface area contributed by atoms with Crippen LogP contribution in [0.15, 0.2) is 42.5 Å². The zero-order valence-corrected chi connectivity index (χ0v) is 16.0. The molecule has 0 aromatic heterocycles. The van der Waals surface area contributed by atoms with E-state index in [1.54, 1.807) is 24.3 Å². The summed E-state index contributed by atoms with van der Waals surface area (Å²) in [4.78, 5) is 0. The largest absolute Gasteiger partial charge is 0.216 e. The molecule has 2 aromatic carbocycles. The third-order valence-corrected chi connectivity index (χ3v) is 6.34. The fourth-order valence-corrected chi connectivity index (χ4v) is 5.11. The highest BCUT2D eigenvalue weighted by molar-refractivity contribution is 7.88. The van der Waals surface area contributed by atoms with Gasteiger partial charge in [-0.1, -0.05) is 48.9 Å². The molecule has 2 aromatic rings. The Labute approximate surface area is 155 Å². The van der Waals surface area contributed by atoms with Crippen LogP contribution >= 0.6 is 11.6 Å². The lowest BCUT2D eigenvalue weighted by Crippen LogP contribution is -2.29. The van der Waals surface area contributed by atoms with Crippen molar-refractivity contribution in [1.82, 2.24) is 4.72 Å². The van der Waals surface area contributed by atoms with E-state index < -0.39 is 10.0 Å².